The zero-order valence-corrected chi connectivity index (χ0v) is 13.2. The predicted octanol–water partition coefficient (Wildman–Crippen LogP) is 3.27. The Hall–Kier alpha value is -2.34. The van der Waals surface area contributed by atoms with Crippen molar-refractivity contribution >= 4 is 11.8 Å². The van der Waals surface area contributed by atoms with Crippen LogP contribution in [0.2, 0.25) is 0 Å². The van der Waals surface area contributed by atoms with E-state index in [-0.39, 0.29) is 0 Å². The van der Waals surface area contributed by atoms with E-state index in [9.17, 15) is 0 Å². The van der Waals surface area contributed by atoms with Crippen LogP contribution in [0.3, 0.4) is 0 Å². The first kappa shape index (κ1) is 14.6. The van der Waals surface area contributed by atoms with E-state index in [1.807, 2.05) is 30.3 Å². The van der Waals surface area contributed by atoms with Crippen molar-refractivity contribution < 1.29 is 4.74 Å². The number of rotatable bonds is 5. The van der Waals surface area contributed by atoms with Gasteiger partial charge in [0.2, 0.25) is 5.16 Å². The van der Waals surface area contributed by atoms with Gasteiger partial charge in [-0.1, -0.05) is 36.0 Å². The maximum atomic E-state index is 5.17. The van der Waals surface area contributed by atoms with Crippen molar-refractivity contribution in [1.29, 1.82) is 0 Å². The van der Waals surface area contributed by atoms with E-state index in [4.69, 9.17) is 4.74 Å². The maximum Gasteiger partial charge on any atom is 0.214 e. The fraction of sp³-hybridized carbons (Fsp3) is 0.188. The Labute approximate surface area is 133 Å². The van der Waals surface area contributed by atoms with Crippen LogP contribution in [0.25, 0.3) is 5.69 Å². The Balaban J connectivity index is 1.78. The van der Waals surface area contributed by atoms with E-state index < -0.39 is 0 Å². The van der Waals surface area contributed by atoms with Gasteiger partial charge in [-0.2, -0.15) is 4.68 Å². The summed E-state index contributed by atoms with van der Waals surface area (Å²) in [6, 6.07) is 16.0. The quantitative estimate of drug-likeness (QED) is 0.677. The molecule has 0 spiro atoms. The third kappa shape index (κ3) is 3.12. The highest BCUT2D eigenvalue weighted by molar-refractivity contribution is 7.98. The summed E-state index contributed by atoms with van der Waals surface area (Å²) < 4.78 is 6.91. The Morgan fingerprint density at radius 1 is 1.09 bits per heavy atom. The molecule has 5 nitrogen and oxygen atoms in total. The lowest BCUT2D eigenvalue weighted by Crippen LogP contribution is -1.99. The number of benzene rings is 2. The van der Waals surface area contributed by atoms with Gasteiger partial charge in [-0.15, -0.1) is 5.10 Å². The summed E-state index contributed by atoms with van der Waals surface area (Å²) in [5, 5.41) is 12.7. The van der Waals surface area contributed by atoms with Crippen LogP contribution in [0.15, 0.2) is 53.7 Å². The fourth-order valence-electron chi connectivity index (χ4n) is 2.07. The molecule has 0 fully saturated rings. The first-order valence-electron chi connectivity index (χ1n) is 6.88. The number of nitrogens with zero attached hydrogens (tertiary/aromatic N) is 4. The first-order valence-corrected chi connectivity index (χ1v) is 7.86. The molecule has 0 unspecified atom stereocenters. The van der Waals surface area contributed by atoms with E-state index in [1.165, 1.54) is 11.1 Å². The third-order valence-corrected chi connectivity index (χ3v) is 4.34. The summed E-state index contributed by atoms with van der Waals surface area (Å²) in [6.07, 6.45) is 0. The van der Waals surface area contributed by atoms with E-state index in [2.05, 4.69) is 40.6 Å². The molecule has 0 aliphatic rings. The number of thioether (sulfide) groups is 1. The zero-order chi connectivity index (χ0) is 15.4. The van der Waals surface area contributed by atoms with Crippen LogP contribution in [-0.4, -0.2) is 27.3 Å². The van der Waals surface area contributed by atoms with Gasteiger partial charge < -0.3 is 4.74 Å². The lowest BCUT2D eigenvalue weighted by molar-refractivity contribution is 0.414. The molecule has 2 aromatic carbocycles. The lowest BCUT2D eigenvalue weighted by Gasteiger charge is -2.07. The van der Waals surface area contributed by atoms with Gasteiger partial charge in [-0.25, -0.2) is 0 Å². The molecular weight excluding hydrogens is 296 g/mol. The topological polar surface area (TPSA) is 52.8 Å². The average molecular weight is 312 g/mol. The van der Waals surface area contributed by atoms with Crippen molar-refractivity contribution in [3.63, 3.8) is 0 Å². The van der Waals surface area contributed by atoms with Gasteiger partial charge in [0.1, 0.15) is 5.75 Å². The zero-order valence-electron chi connectivity index (χ0n) is 12.4. The minimum absolute atomic E-state index is 0.772. The minimum Gasteiger partial charge on any atom is -0.497 e. The number of hydrogen-bond acceptors (Lipinski definition) is 5. The van der Waals surface area contributed by atoms with Crippen molar-refractivity contribution in [3.05, 3.63) is 59.7 Å². The number of aryl methyl sites for hydroxylation is 1. The summed E-state index contributed by atoms with van der Waals surface area (Å²) >= 11 is 1.62. The molecule has 0 amide bonds. The van der Waals surface area contributed by atoms with Gasteiger partial charge in [-0.3, -0.25) is 0 Å². The fourth-order valence-corrected chi connectivity index (χ4v) is 3.04. The summed E-state index contributed by atoms with van der Waals surface area (Å²) in [7, 11) is 1.65. The van der Waals surface area contributed by atoms with Crippen LogP contribution in [0.4, 0.5) is 0 Å². The standard InChI is InChI=1S/C16H16N4OS/c1-12-5-3-4-6-13(12)11-22-16-17-18-19-20(16)14-7-9-15(21-2)10-8-14/h3-10H,11H2,1-2H3. The summed E-state index contributed by atoms with van der Waals surface area (Å²) in [6.45, 7) is 2.11. The molecule has 1 aromatic heterocycles. The normalized spacial score (nSPS) is 10.6. The van der Waals surface area contributed by atoms with Crippen LogP contribution in [-0.2, 0) is 5.75 Å². The SMILES string of the molecule is COc1ccc(-n2nnnc2SCc2ccccc2C)cc1. The maximum absolute atomic E-state index is 5.17. The Morgan fingerprint density at radius 2 is 1.86 bits per heavy atom. The second-order valence-electron chi connectivity index (χ2n) is 4.79. The molecule has 0 N–H and O–H groups in total. The van der Waals surface area contributed by atoms with E-state index in [1.54, 1.807) is 23.6 Å². The molecule has 0 saturated carbocycles. The van der Waals surface area contributed by atoms with Gasteiger partial charge in [-0.05, 0) is 52.7 Å². The van der Waals surface area contributed by atoms with Crippen LogP contribution < -0.4 is 4.74 Å². The molecule has 3 rings (SSSR count). The predicted molar refractivity (Wildman–Crippen MR) is 86.4 cm³/mol. The van der Waals surface area contributed by atoms with Crippen molar-refractivity contribution in [2.45, 2.75) is 17.8 Å². The Bertz CT molecular complexity index is 755. The smallest absolute Gasteiger partial charge is 0.214 e. The summed E-state index contributed by atoms with van der Waals surface area (Å²) in [5.41, 5.74) is 3.48. The van der Waals surface area contributed by atoms with Crippen molar-refractivity contribution in [2.24, 2.45) is 0 Å². The highest BCUT2D eigenvalue weighted by Crippen LogP contribution is 2.24. The van der Waals surface area contributed by atoms with E-state index in [0.29, 0.717) is 0 Å². The number of methoxy groups -OCH3 is 1. The van der Waals surface area contributed by atoms with Crippen LogP contribution in [0, 0.1) is 6.92 Å². The first-order chi connectivity index (χ1) is 10.8. The summed E-state index contributed by atoms with van der Waals surface area (Å²) in [5.74, 6) is 1.65. The summed E-state index contributed by atoms with van der Waals surface area (Å²) in [4.78, 5) is 0. The molecule has 112 valence electrons. The van der Waals surface area contributed by atoms with Crippen molar-refractivity contribution in [3.8, 4) is 11.4 Å². The molecule has 1 heterocycles. The Morgan fingerprint density at radius 3 is 2.59 bits per heavy atom. The molecule has 0 saturated heterocycles. The monoisotopic (exact) mass is 312 g/mol. The highest BCUT2D eigenvalue weighted by atomic mass is 32.2. The van der Waals surface area contributed by atoms with E-state index in [0.717, 1.165) is 22.3 Å². The molecule has 0 aliphatic heterocycles. The molecule has 3 aromatic rings. The molecule has 0 bridgehead atoms. The van der Waals surface area contributed by atoms with Crippen LogP contribution in [0.5, 0.6) is 5.75 Å². The van der Waals surface area contributed by atoms with Gasteiger partial charge in [0.25, 0.3) is 0 Å². The number of aromatic nitrogens is 4. The van der Waals surface area contributed by atoms with Gasteiger partial charge in [0, 0.05) is 5.75 Å². The van der Waals surface area contributed by atoms with Crippen molar-refractivity contribution in [2.75, 3.05) is 7.11 Å². The second-order valence-corrected chi connectivity index (χ2v) is 5.73. The number of ether oxygens (including phenoxy) is 1. The number of tetrazole rings is 1. The molecule has 0 aliphatic carbocycles. The van der Waals surface area contributed by atoms with Crippen molar-refractivity contribution in [1.82, 2.24) is 20.2 Å². The van der Waals surface area contributed by atoms with Gasteiger partial charge in [0.05, 0.1) is 12.8 Å². The Kier molecular flexibility index (Phi) is 4.39. The average Bonchev–Trinajstić information content (AvgIpc) is 3.03. The molecule has 0 radical (unpaired) electrons. The molecular formula is C16H16N4OS. The molecule has 0 atom stereocenters. The second kappa shape index (κ2) is 6.62. The third-order valence-electron chi connectivity index (χ3n) is 3.38. The lowest BCUT2D eigenvalue weighted by atomic mass is 10.1. The van der Waals surface area contributed by atoms with Crippen LogP contribution >= 0.6 is 11.8 Å². The highest BCUT2D eigenvalue weighted by Gasteiger charge is 2.10. The molecule has 22 heavy (non-hydrogen) atoms. The van der Waals surface area contributed by atoms with Crippen LogP contribution in [0.1, 0.15) is 11.1 Å². The number of hydrogen-bond donors (Lipinski definition) is 0. The van der Waals surface area contributed by atoms with E-state index >= 15 is 0 Å². The minimum atomic E-state index is 0.772. The van der Waals surface area contributed by atoms with Gasteiger partial charge in [0.15, 0.2) is 0 Å². The van der Waals surface area contributed by atoms with Gasteiger partial charge >= 0.3 is 0 Å². The largest absolute Gasteiger partial charge is 0.497 e. The molecule has 6 heteroatoms.